The first kappa shape index (κ1) is 60.6. The molecule has 13 nitrogen and oxygen atoms in total. The molecule has 71 heavy (non-hydrogen) atoms. The number of benzene rings is 6. The Morgan fingerprint density at radius 1 is 0.577 bits per heavy atom. The lowest BCUT2D eigenvalue weighted by Crippen LogP contribution is -2.21. The number of ketones is 2. The van der Waals surface area contributed by atoms with Gasteiger partial charge in [0.2, 0.25) is 6.08 Å². The number of nitro benzene ring substituents is 2. The van der Waals surface area contributed by atoms with Crippen LogP contribution in [0.2, 0.25) is 15.1 Å². The van der Waals surface area contributed by atoms with E-state index in [1.165, 1.54) is 50.0 Å². The number of nitro groups is 2. The Bertz CT molecular complexity index is 2720. The van der Waals surface area contributed by atoms with Gasteiger partial charge < -0.3 is 16.4 Å². The van der Waals surface area contributed by atoms with Gasteiger partial charge in [-0.2, -0.15) is 4.99 Å². The first-order chi connectivity index (χ1) is 33.8. The maximum Gasteiger partial charge on any atom is 0.269 e. The van der Waals surface area contributed by atoms with E-state index in [1.807, 2.05) is 81.4 Å². The third-order valence-corrected chi connectivity index (χ3v) is 12.0. The van der Waals surface area contributed by atoms with Crippen molar-refractivity contribution in [3.8, 4) is 0 Å². The first-order valence-electron chi connectivity index (χ1n) is 22.9. The van der Waals surface area contributed by atoms with Gasteiger partial charge in [0.1, 0.15) is 11.6 Å². The molecule has 0 aliphatic rings. The number of aliphatic imine (C=N–C) groups is 1. The number of rotatable bonds is 17. The Balaban J connectivity index is 0.000000322. The fourth-order valence-corrected chi connectivity index (χ4v) is 7.02. The van der Waals surface area contributed by atoms with E-state index in [0.717, 1.165) is 56.6 Å². The summed E-state index contributed by atoms with van der Waals surface area (Å²) in [7, 11) is 0. The van der Waals surface area contributed by atoms with E-state index in [-0.39, 0.29) is 22.9 Å². The Labute approximate surface area is 432 Å². The van der Waals surface area contributed by atoms with E-state index in [4.69, 9.17) is 46.3 Å². The zero-order valence-corrected chi connectivity index (χ0v) is 43.4. The highest BCUT2D eigenvalue weighted by Gasteiger charge is 2.10. The van der Waals surface area contributed by atoms with Crippen LogP contribution in [0.1, 0.15) is 78.1 Å². The summed E-state index contributed by atoms with van der Waals surface area (Å²) in [5, 5.41) is 22.9. The van der Waals surface area contributed by atoms with Crippen molar-refractivity contribution in [2.24, 2.45) is 10.7 Å². The second-order valence-electron chi connectivity index (χ2n) is 16.2. The molecule has 0 amide bonds. The molecule has 6 aromatic rings. The Morgan fingerprint density at radius 2 is 0.986 bits per heavy atom. The van der Waals surface area contributed by atoms with Gasteiger partial charge in [0.05, 0.1) is 15.5 Å². The number of hydrogen-bond donors (Lipinski definition) is 2. The van der Waals surface area contributed by atoms with Gasteiger partial charge in [0, 0.05) is 77.2 Å². The number of nitrogens with two attached hydrogens (primary N) is 2. The van der Waals surface area contributed by atoms with Crippen molar-refractivity contribution >= 4 is 75.2 Å². The summed E-state index contributed by atoms with van der Waals surface area (Å²) >= 11 is 17.9. The minimum atomic E-state index is -0.431. The molecule has 16 heteroatoms. The molecule has 0 radical (unpaired) electrons. The van der Waals surface area contributed by atoms with Crippen molar-refractivity contribution in [3.63, 3.8) is 0 Å². The van der Waals surface area contributed by atoms with Crippen LogP contribution in [0.15, 0.2) is 132 Å². The Hall–Kier alpha value is -6.57. The molecule has 6 rings (SSSR count). The number of nitrogens with zero attached hydrogens (tertiary/aromatic N) is 4. The average Bonchev–Trinajstić information content (AvgIpc) is 3.35. The van der Waals surface area contributed by atoms with E-state index in [2.05, 4.69) is 30.7 Å². The quantitative estimate of drug-likeness (QED) is 0.0291. The molecule has 0 heterocycles. The van der Waals surface area contributed by atoms with Gasteiger partial charge in [-0.3, -0.25) is 29.8 Å². The lowest BCUT2D eigenvalue weighted by molar-refractivity contribution is -0.385. The van der Waals surface area contributed by atoms with Gasteiger partial charge in [-0.1, -0.05) is 122 Å². The van der Waals surface area contributed by atoms with Crippen LogP contribution >= 0.6 is 34.8 Å². The van der Waals surface area contributed by atoms with E-state index in [9.17, 15) is 34.6 Å². The zero-order valence-electron chi connectivity index (χ0n) is 41.1. The molecule has 0 spiro atoms. The highest BCUT2D eigenvalue weighted by molar-refractivity contribution is 6.32. The second kappa shape index (κ2) is 33.1. The van der Waals surface area contributed by atoms with E-state index < -0.39 is 9.85 Å². The molecular weight excluding hydrogens is 963 g/mol. The van der Waals surface area contributed by atoms with Gasteiger partial charge in [-0.15, -0.1) is 0 Å². The predicted octanol–water partition coefficient (Wildman–Crippen LogP) is 13.3. The molecule has 376 valence electrons. The maximum absolute atomic E-state index is 12.0. The highest BCUT2D eigenvalue weighted by atomic mass is 35.5. The number of aryl methyl sites for hydroxylation is 5. The lowest BCUT2D eigenvalue weighted by atomic mass is 10.0. The molecule has 0 saturated carbocycles. The molecule has 4 N–H and O–H groups in total. The molecular formula is C55H63Cl3N6O7. The van der Waals surface area contributed by atoms with Crippen molar-refractivity contribution in [1.82, 2.24) is 4.90 Å². The number of carbonyl (C=O) groups is 2. The molecule has 0 bridgehead atoms. The van der Waals surface area contributed by atoms with E-state index in [1.54, 1.807) is 42.5 Å². The van der Waals surface area contributed by atoms with Crippen LogP contribution in [0.25, 0.3) is 0 Å². The molecule has 0 unspecified atom stereocenters. The summed E-state index contributed by atoms with van der Waals surface area (Å²) in [6, 6.07) is 36.9. The van der Waals surface area contributed by atoms with Crippen LogP contribution < -0.4 is 11.5 Å². The number of non-ortho nitro benzene ring substituents is 2. The molecule has 0 saturated heterocycles. The van der Waals surface area contributed by atoms with Crippen molar-refractivity contribution in [3.05, 3.63) is 207 Å². The summed E-state index contributed by atoms with van der Waals surface area (Å²) in [5.74, 6) is 0.304. The van der Waals surface area contributed by atoms with Crippen molar-refractivity contribution in [2.75, 3.05) is 25.4 Å². The largest absolute Gasteiger partial charge is 0.399 e. The maximum atomic E-state index is 12.0. The molecule has 0 atom stereocenters. The topological polar surface area (TPSA) is 205 Å². The fraction of sp³-hybridized carbons (Fsp3) is 0.291. The van der Waals surface area contributed by atoms with E-state index in [0.29, 0.717) is 59.4 Å². The normalized spacial score (nSPS) is 10.1. The summed E-state index contributed by atoms with van der Waals surface area (Å²) in [5.41, 5.74) is 19.9. The van der Waals surface area contributed by atoms with Crippen LogP contribution in [0.3, 0.4) is 0 Å². The van der Waals surface area contributed by atoms with Gasteiger partial charge >= 0.3 is 0 Å². The average molecular weight is 1030 g/mol. The SMILES string of the molecule is CCN(CC)CC.Cc1ccc(CC(=O)CCc2cccc(N)c2)cc1Cl.Cc1ccc(CC(=O)CCc2cccc([N+](=O)[O-])c2)cc1Cl.Cc1ccc(N=C=O)cc1Cl.NCc1cccc([N+](=O)[O-])c1. The molecule has 0 fully saturated rings. The minimum absolute atomic E-state index is 0.0512. The van der Waals surface area contributed by atoms with Crippen molar-refractivity contribution in [1.29, 1.82) is 0 Å². The summed E-state index contributed by atoms with van der Waals surface area (Å²) < 4.78 is 0. The van der Waals surface area contributed by atoms with Crippen LogP contribution in [-0.4, -0.2) is 52.0 Å². The number of nitrogen functional groups attached to an aromatic ring is 1. The van der Waals surface area contributed by atoms with Crippen LogP contribution in [-0.2, 0) is 46.6 Å². The summed E-state index contributed by atoms with van der Waals surface area (Å²) in [4.78, 5) is 59.7. The third kappa shape index (κ3) is 24.2. The smallest absolute Gasteiger partial charge is 0.269 e. The Morgan fingerprint density at radius 3 is 1.37 bits per heavy atom. The number of carbonyl (C=O) groups excluding carboxylic acids is 3. The van der Waals surface area contributed by atoms with Gasteiger partial charge in [-0.05, 0) is 134 Å². The Kier molecular flexibility index (Phi) is 28.2. The van der Waals surface area contributed by atoms with Gasteiger partial charge in [-0.25, -0.2) is 4.79 Å². The number of anilines is 1. The summed E-state index contributed by atoms with van der Waals surface area (Å²) in [6.45, 7) is 16.2. The first-order valence-corrected chi connectivity index (χ1v) is 24.1. The highest BCUT2D eigenvalue weighted by Crippen LogP contribution is 2.22. The fourth-order valence-electron chi connectivity index (χ4n) is 6.44. The van der Waals surface area contributed by atoms with Crippen molar-refractivity contribution < 1.29 is 24.2 Å². The third-order valence-electron chi connectivity index (χ3n) is 10.8. The van der Waals surface area contributed by atoms with Crippen LogP contribution in [0.5, 0.6) is 0 Å². The number of isocyanates is 1. The number of halogens is 3. The minimum Gasteiger partial charge on any atom is -0.399 e. The molecule has 6 aromatic carbocycles. The summed E-state index contributed by atoms with van der Waals surface area (Å²) in [6.07, 6.45) is 4.31. The number of hydrogen-bond acceptors (Lipinski definition) is 11. The zero-order chi connectivity index (χ0) is 52.9. The van der Waals surface area contributed by atoms with Crippen molar-refractivity contribution in [2.45, 2.75) is 86.6 Å². The van der Waals surface area contributed by atoms with E-state index >= 15 is 0 Å². The van der Waals surface area contributed by atoms with Gasteiger partial charge in [0.25, 0.3) is 11.4 Å². The lowest BCUT2D eigenvalue weighted by Gasteiger charge is -2.13. The standard InChI is InChI=1S/C17H16ClNO3.C17H18ClNO.C8H6ClNO.C7H8N2O2.C6H15N/c1-12-5-6-14(11-17(12)18)10-16(20)8-7-13-3-2-4-15(9-13)19(21)22;1-12-5-6-14(11-17(12)18)10-16(20)8-7-13-3-2-4-15(19)9-13;1-6-2-3-7(10-5-11)4-8(6)9;8-5-6-2-1-3-7(4-6)9(10)11;1-4-7(5-2)6-3/h2-6,9,11H,7-8,10H2,1H3;2-6,9,11H,7-8,10,19H2,1H3;2-4H,1H3;1-4H,5,8H2;4-6H2,1-3H3. The van der Waals surface area contributed by atoms with Crippen LogP contribution in [0, 0.1) is 41.0 Å². The second-order valence-corrected chi connectivity index (χ2v) is 17.4. The van der Waals surface area contributed by atoms with Crippen LogP contribution in [0.4, 0.5) is 22.7 Å². The molecule has 0 aliphatic heterocycles. The monoisotopic (exact) mass is 1020 g/mol. The molecule has 0 aliphatic carbocycles. The molecule has 0 aromatic heterocycles. The van der Waals surface area contributed by atoms with Gasteiger partial charge in [0.15, 0.2) is 0 Å². The number of Topliss-reactive ketones (excluding diaryl/α,β-unsaturated/α-hetero) is 2. The predicted molar refractivity (Wildman–Crippen MR) is 289 cm³/mol.